The van der Waals surface area contributed by atoms with E-state index in [0.717, 1.165) is 124 Å². The highest BCUT2D eigenvalue weighted by atomic mass is 35.5. The number of anilines is 1. The summed E-state index contributed by atoms with van der Waals surface area (Å²) >= 11 is 13.7. The minimum Gasteiger partial charge on any atom is -0.374 e. The van der Waals surface area contributed by atoms with E-state index in [1.807, 2.05) is 46.0 Å². The highest BCUT2D eigenvalue weighted by molar-refractivity contribution is 6.38. The first-order valence-electron chi connectivity index (χ1n) is 20.5. The Balaban J connectivity index is 0.00000661. The molecule has 318 valence electrons. The van der Waals surface area contributed by atoms with E-state index in [1.165, 1.54) is 0 Å². The molecule has 0 saturated carbocycles. The van der Waals surface area contributed by atoms with Crippen molar-refractivity contribution in [3.05, 3.63) is 85.8 Å². The number of nitrogens with zero attached hydrogens (tertiary/aromatic N) is 6. The molecule has 0 amide bonds. The molecule has 1 fully saturated rings. The Morgan fingerprint density at radius 2 is 1.90 bits per heavy atom. The first-order chi connectivity index (χ1) is 27.9. The molecule has 2 aromatic heterocycles. The fourth-order valence-corrected chi connectivity index (χ4v) is 9.33. The molecule has 2 aliphatic carbocycles. The van der Waals surface area contributed by atoms with Gasteiger partial charge >= 0.3 is 0 Å². The van der Waals surface area contributed by atoms with Crippen LogP contribution in [0.25, 0.3) is 22.6 Å². The maximum absolute atomic E-state index is 13.4. The third-order valence-corrected chi connectivity index (χ3v) is 12.8. The molecule has 6 rings (SSSR count). The summed E-state index contributed by atoms with van der Waals surface area (Å²) in [4.78, 5) is 39.6. The Hall–Kier alpha value is -4.06. The molecule has 2 unspecified atom stereocenters. The van der Waals surface area contributed by atoms with Crippen LogP contribution in [-0.2, 0) is 29.4 Å². The monoisotopic (exact) mass is 843 g/mol. The molecule has 0 radical (unpaired) electrons. The highest BCUT2D eigenvalue weighted by Crippen LogP contribution is 2.40. The second-order valence-electron chi connectivity index (χ2n) is 16.0. The number of benzene rings is 1. The molecular formula is C47H63Cl2N7O3. The fourth-order valence-electron chi connectivity index (χ4n) is 8.93. The maximum atomic E-state index is 13.4. The zero-order chi connectivity index (χ0) is 41.7. The smallest absolute Gasteiger partial charge is 0.166 e. The van der Waals surface area contributed by atoms with E-state index >= 15 is 0 Å². The third kappa shape index (κ3) is 9.95. The predicted molar refractivity (Wildman–Crippen MR) is 249 cm³/mol. The lowest BCUT2D eigenvalue weighted by Gasteiger charge is -2.28. The van der Waals surface area contributed by atoms with Crippen LogP contribution in [0.1, 0.15) is 93.8 Å². The van der Waals surface area contributed by atoms with Gasteiger partial charge in [0.05, 0.1) is 34.6 Å². The van der Waals surface area contributed by atoms with Crippen molar-refractivity contribution in [2.24, 2.45) is 23.0 Å². The molecule has 3 aliphatic rings. The number of ether oxygens (including phenoxy) is 1. The van der Waals surface area contributed by atoms with Crippen molar-refractivity contribution in [1.82, 2.24) is 19.4 Å². The van der Waals surface area contributed by atoms with E-state index in [4.69, 9.17) is 32.9 Å². The van der Waals surface area contributed by atoms with Gasteiger partial charge in [-0.1, -0.05) is 60.5 Å². The van der Waals surface area contributed by atoms with E-state index in [1.54, 1.807) is 7.05 Å². The number of carbonyl (C=O) groups is 2. The van der Waals surface area contributed by atoms with Crippen LogP contribution in [0.3, 0.4) is 0 Å². The number of aldehydes is 2. The van der Waals surface area contributed by atoms with Crippen LogP contribution in [0.2, 0.25) is 5.02 Å². The fraction of sp³-hybridized carbons (Fsp3) is 0.489. The number of likely N-dealkylation sites (N-methyl/N-ethyl adjacent to an activating group) is 1. The number of hydrogen-bond donors (Lipinski definition) is 1. The standard InChI is InChI=1S/C46H59Cl2N7O3.CH4/c1-9-35(32(5)51-43(49-6)26-54-18-16-50-17-19-54)44-39(47)14-13-37-36(11-10-20-58-34-21-29(2)45(48)30(3)22-34)42(28-57)55(46(37)44)31(4)24-52(7)41-25-53(8)40-15-12-33(27-56)23-38(40)41;/h9,12-15,21,25,27-28,31,33-34,50H,10-11,16-20,22-24,26H2,1-8H3;1H4/b35-9-,49-43?,51-32?;/t31-,33?,34?;/m1./s1. The molecule has 3 heterocycles. The van der Waals surface area contributed by atoms with Gasteiger partial charge in [0.25, 0.3) is 0 Å². The van der Waals surface area contributed by atoms with Gasteiger partial charge in [-0.05, 0) is 83.6 Å². The van der Waals surface area contributed by atoms with Crippen molar-refractivity contribution in [2.75, 3.05) is 64.9 Å². The van der Waals surface area contributed by atoms with Crippen LogP contribution < -0.4 is 10.2 Å². The molecule has 12 heteroatoms. The average molecular weight is 845 g/mol. The quantitative estimate of drug-likeness (QED) is 0.0710. The SMILES string of the molecule is C.C/C=C(/C(C)=NC(CN1CCNCC1)=NC)c1c(Cl)ccc2c(CCCOC3C=C(C)C(Cl)=C(C)C3)c(C=O)n([C@H](C)CN(C)c3cn(C)c4c3CC(C=O)C=C4)c12. The molecule has 1 aliphatic heterocycles. The molecule has 1 N–H and O–H groups in total. The molecule has 3 atom stereocenters. The normalized spacial score (nSPS) is 19.8. The number of hydrogen-bond acceptors (Lipinski definition) is 7. The molecule has 59 heavy (non-hydrogen) atoms. The van der Waals surface area contributed by atoms with Crippen molar-refractivity contribution in [2.45, 2.75) is 79.9 Å². The summed E-state index contributed by atoms with van der Waals surface area (Å²) in [6, 6.07) is 3.85. The van der Waals surface area contributed by atoms with Crippen molar-refractivity contribution in [3.63, 3.8) is 0 Å². The largest absolute Gasteiger partial charge is 0.374 e. The number of aromatic nitrogens is 2. The van der Waals surface area contributed by atoms with E-state index in [0.29, 0.717) is 43.3 Å². The first-order valence-corrected chi connectivity index (χ1v) is 21.3. The minimum absolute atomic E-state index is 0. The lowest BCUT2D eigenvalue weighted by atomic mass is 9.94. The first kappa shape index (κ1) is 46.0. The van der Waals surface area contributed by atoms with Crippen LogP contribution in [0, 0.1) is 5.92 Å². The summed E-state index contributed by atoms with van der Waals surface area (Å²) in [5.74, 6) is 0.608. The Labute approximate surface area is 361 Å². The van der Waals surface area contributed by atoms with E-state index < -0.39 is 0 Å². The van der Waals surface area contributed by atoms with Gasteiger partial charge in [-0.3, -0.25) is 14.7 Å². The van der Waals surface area contributed by atoms with Crippen molar-refractivity contribution in [3.8, 4) is 0 Å². The molecule has 10 nitrogen and oxygen atoms in total. The van der Waals surface area contributed by atoms with Gasteiger partial charge in [-0.15, -0.1) is 0 Å². The summed E-state index contributed by atoms with van der Waals surface area (Å²) in [6.07, 6.45) is 15.1. The Kier molecular flexibility index (Phi) is 16.0. The van der Waals surface area contributed by atoms with Gasteiger partial charge in [0.15, 0.2) is 6.29 Å². The lowest BCUT2D eigenvalue weighted by molar-refractivity contribution is -0.109. The molecule has 1 saturated heterocycles. The van der Waals surface area contributed by atoms with Gasteiger partial charge in [-0.25, -0.2) is 4.99 Å². The number of amidine groups is 1. The minimum atomic E-state index is -0.155. The molecule has 0 bridgehead atoms. The van der Waals surface area contributed by atoms with E-state index in [2.05, 4.69) is 74.6 Å². The van der Waals surface area contributed by atoms with E-state index in [9.17, 15) is 9.59 Å². The van der Waals surface area contributed by atoms with Gasteiger partial charge in [-0.2, -0.15) is 0 Å². The topological polar surface area (TPSA) is 96.5 Å². The van der Waals surface area contributed by atoms with Crippen LogP contribution >= 0.6 is 23.2 Å². The van der Waals surface area contributed by atoms with Crippen molar-refractivity contribution < 1.29 is 14.3 Å². The summed E-state index contributed by atoms with van der Waals surface area (Å²) in [6.45, 7) is 15.8. The van der Waals surface area contributed by atoms with Gasteiger partial charge in [0.2, 0.25) is 0 Å². The summed E-state index contributed by atoms with van der Waals surface area (Å²) in [7, 11) is 5.92. The lowest BCUT2D eigenvalue weighted by Crippen LogP contribution is -2.45. The molecular weight excluding hydrogens is 781 g/mol. The van der Waals surface area contributed by atoms with Crippen LogP contribution in [0.4, 0.5) is 5.69 Å². The number of aliphatic imine (C=N–C) groups is 2. The van der Waals surface area contributed by atoms with Gasteiger partial charge in [0.1, 0.15) is 12.1 Å². The number of halogens is 2. The zero-order valence-corrected chi connectivity index (χ0v) is 36.9. The number of piperazine rings is 1. The van der Waals surface area contributed by atoms with Gasteiger partial charge < -0.3 is 28.9 Å². The number of carbonyl (C=O) groups excluding carboxylic acids is 2. The summed E-state index contributed by atoms with van der Waals surface area (Å²) < 4.78 is 10.7. The number of fused-ring (bicyclic) bond motifs is 2. The number of rotatable bonds is 15. The van der Waals surface area contributed by atoms with Crippen molar-refractivity contribution >= 4 is 75.6 Å². The van der Waals surface area contributed by atoms with Gasteiger partial charge in [0, 0.05) is 117 Å². The maximum Gasteiger partial charge on any atom is 0.166 e. The van der Waals surface area contributed by atoms with Crippen LogP contribution in [0.15, 0.2) is 62.7 Å². The number of nitrogens with one attached hydrogen (secondary N) is 1. The average Bonchev–Trinajstić information content (AvgIpc) is 3.72. The molecule has 3 aromatic rings. The Bertz CT molecular complexity index is 2220. The zero-order valence-electron chi connectivity index (χ0n) is 35.4. The molecule has 1 aromatic carbocycles. The third-order valence-electron chi connectivity index (χ3n) is 11.8. The van der Waals surface area contributed by atoms with Crippen LogP contribution in [0.5, 0.6) is 0 Å². The molecule has 0 spiro atoms. The second kappa shape index (κ2) is 20.5. The summed E-state index contributed by atoms with van der Waals surface area (Å²) in [5.41, 5.74) is 10.6. The van der Waals surface area contributed by atoms with Crippen molar-refractivity contribution in [1.29, 1.82) is 0 Å². The Morgan fingerprint density at radius 3 is 2.56 bits per heavy atom. The van der Waals surface area contributed by atoms with E-state index in [-0.39, 0.29) is 25.5 Å². The second-order valence-corrected chi connectivity index (χ2v) is 16.8. The summed E-state index contributed by atoms with van der Waals surface area (Å²) in [5, 5.41) is 5.82. The Morgan fingerprint density at radius 1 is 1.15 bits per heavy atom. The highest BCUT2D eigenvalue weighted by Gasteiger charge is 2.28. The van der Waals surface area contributed by atoms with Crippen LogP contribution in [-0.4, -0.2) is 104 Å². The number of allylic oxidation sites excluding steroid dienone is 5. The predicted octanol–water partition coefficient (Wildman–Crippen LogP) is 9.14. The number of aryl methyl sites for hydroxylation is 2.